The highest BCUT2D eigenvalue weighted by Gasteiger charge is 2.26. The van der Waals surface area contributed by atoms with Crippen LogP contribution in [0.25, 0.3) is 0 Å². The Hall–Kier alpha value is -0.820. The fraction of sp³-hybridized carbons (Fsp3) is 0.462. The van der Waals surface area contributed by atoms with E-state index in [1.807, 2.05) is 0 Å². The third kappa shape index (κ3) is 2.40. The molecule has 0 atom stereocenters. The van der Waals surface area contributed by atoms with Gasteiger partial charge in [0.25, 0.3) is 0 Å². The van der Waals surface area contributed by atoms with Gasteiger partial charge < -0.3 is 0 Å². The Morgan fingerprint density at radius 3 is 2.20 bits per heavy atom. The highest BCUT2D eigenvalue weighted by atomic mass is 35.5. The van der Waals surface area contributed by atoms with E-state index < -0.39 is 0 Å². The molecule has 1 aliphatic carbocycles. The Balaban J connectivity index is 2.39. The normalized spacial score (nSPS) is 16.9. The lowest BCUT2D eigenvalue weighted by atomic mass is 10.1. The van der Waals surface area contributed by atoms with Crippen molar-refractivity contribution < 1.29 is 0 Å². The zero-order valence-electron chi connectivity index (χ0n) is 9.47. The van der Waals surface area contributed by atoms with E-state index in [0.29, 0.717) is 5.92 Å². The average molecular weight is 222 g/mol. The Morgan fingerprint density at radius 2 is 1.73 bits per heavy atom. The molecule has 0 bridgehead atoms. The van der Waals surface area contributed by atoms with Gasteiger partial charge in [0.2, 0.25) is 0 Å². The van der Waals surface area contributed by atoms with Gasteiger partial charge in [-0.25, -0.2) is 4.99 Å². The maximum Gasteiger partial charge on any atom is 0.110 e. The zero-order chi connectivity index (χ0) is 11.0. The molecule has 1 aliphatic rings. The molecule has 1 nitrogen and oxygen atoms in total. The molecule has 1 saturated carbocycles. The number of aryl methyl sites for hydroxylation is 3. The van der Waals surface area contributed by atoms with Gasteiger partial charge in [-0.2, -0.15) is 0 Å². The molecule has 0 N–H and O–H groups in total. The lowest BCUT2D eigenvalue weighted by molar-refractivity contribution is 1.20. The standard InChI is InChI=1S/C13H16ClN/c1-8-6-9(2)12(10(3)7-8)15-13(14)11-4-5-11/h6-7,11H,4-5H2,1-3H3. The first kappa shape index (κ1) is 10.7. The number of rotatable bonds is 2. The Kier molecular flexibility index (Phi) is 2.83. The van der Waals surface area contributed by atoms with Crippen molar-refractivity contribution in [3.63, 3.8) is 0 Å². The number of halogens is 1. The third-order valence-corrected chi connectivity index (χ3v) is 3.16. The third-order valence-electron chi connectivity index (χ3n) is 2.77. The molecule has 80 valence electrons. The van der Waals surface area contributed by atoms with Crippen molar-refractivity contribution in [2.24, 2.45) is 10.9 Å². The van der Waals surface area contributed by atoms with Crippen molar-refractivity contribution >= 4 is 22.5 Å². The van der Waals surface area contributed by atoms with E-state index in [0.717, 1.165) is 10.9 Å². The lowest BCUT2D eigenvalue weighted by Gasteiger charge is -2.07. The van der Waals surface area contributed by atoms with Crippen LogP contribution in [0.3, 0.4) is 0 Å². The second-order valence-electron chi connectivity index (χ2n) is 4.46. The minimum atomic E-state index is 0.534. The summed E-state index contributed by atoms with van der Waals surface area (Å²) < 4.78 is 0. The van der Waals surface area contributed by atoms with Crippen LogP contribution < -0.4 is 0 Å². The van der Waals surface area contributed by atoms with Gasteiger partial charge in [-0.1, -0.05) is 29.3 Å². The van der Waals surface area contributed by atoms with Gasteiger partial charge in [0.05, 0.1) is 5.69 Å². The summed E-state index contributed by atoms with van der Waals surface area (Å²) in [5.41, 5.74) is 4.77. The summed E-state index contributed by atoms with van der Waals surface area (Å²) in [6.45, 7) is 6.29. The monoisotopic (exact) mass is 221 g/mol. The molecule has 0 saturated heterocycles. The Bertz CT molecular complexity index is 394. The van der Waals surface area contributed by atoms with Crippen molar-refractivity contribution in [1.82, 2.24) is 0 Å². The Morgan fingerprint density at radius 1 is 1.20 bits per heavy atom. The fourth-order valence-corrected chi connectivity index (χ4v) is 2.17. The molecule has 2 rings (SSSR count). The molecule has 0 heterocycles. The van der Waals surface area contributed by atoms with Crippen LogP contribution in [0.4, 0.5) is 5.69 Å². The van der Waals surface area contributed by atoms with Crippen LogP contribution in [0.1, 0.15) is 29.5 Å². The van der Waals surface area contributed by atoms with Crippen molar-refractivity contribution in [2.45, 2.75) is 33.6 Å². The van der Waals surface area contributed by atoms with Gasteiger partial charge in [0.1, 0.15) is 5.17 Å². The van der Waals surface area contributed by atoms with E-state index in [1.165, 1.54) is 29.5 Å². The summed E-state index contributed by atoms with van der Waals surface area (Å²) in [7, 11) is 0. The van der Waals surface area contributed by atoms with Crippen LogP contribution in [0, 0.1) is 26.7 Å². The summed E-state index contributed by atoms with van der Waals surface area (Å²) in [4.78, 5) is 4.54. The summed E-state index contributed by atoms with van der Waals surface area (Å²) in [6.07, 6.45) is 2.40. The molecule has 0 aliphatic heterocycles. The Labute approximate surface area is 96.2 Å². The predicted octanol–water partition coefficient (Wildman–Crippen LogP) is 4.29. The van der Waals surface area contributed by atoms with Gasteiger partial charge in [0, 0.05) is 5.92 Å². The van der Waals surface area contributed by atoms with Crippen molar-refractivity contribution in [3.8, 4) is 0 Å². The van der Waals surface area contributed by atoms with Gasteiger partial charge in [-0.05, 0) is 44.7 Å². The van der Waals surface area contributed by atoms with E-state index in [-0.39, 0.29) is 0 Å². The molecule has 2 heteroatoms. The fourth-order valence-electron chi connectivity index (χ4n) is 1.87. The SMILES string of the molecule is Cc1cc(C)c(N=C(Cl)C2CC2)c(C)c1. The van der Waals surface area contributed by atoms with E-state index >= 15 is 0 Å². The molecule has 0 aromatic heterocycles. The largest absolute Gasteiger partial charge is 0.240 e. The summed E-state index contributed by atoms with van der Waals surface area (Å²) in [5.74, 6) is 0.534. The summed E-state index contributed by atoms with van der Waals surface area (Å²) >= 11 is 6.15. The van der Waals surface area contributed by atoms with Crippen molar-refractivity contribution in [1.29, 1.82) is 0 Å². The molecular weight excluding hydrogens is 206 g/mol. The number of nitrogens with zero attached hydrogens (tertiary/aromatic N) is 1. The molecule has 1 fully saturated rings. The van der Waals surface area contributed by atoms with Crippen LogP contribution in [-0.2, 0) is 0 Å². The van der Waals surface area contributed by atoms with Gasteiger partial charge in [-0.3, -0.25) is 0 Å². The lowest BCUT2D eigenvalue weighted by Crippen LogP contribution is -1.91. The van der Waals surface area contributed by atoms with Gasteiger partial charge >= 0.3 is 0 Å². The molecule has 1 aromatic carbocycles. The van der Waals surface area contributed by atoms with Crippen LogP contribution >= 0.6 is 11.6 Å². The molecule has 15 heavy (non-hydrogen) atoms. The van der Waals surface area contributed by atoms with Crippen molar-refractivity contribution in [2.75, 3.05) is 0 Å². The second kappa shape index (κ2) is 3.97. The quantitative estimate of drug-likeness (QED) is 0.661. The molecule has 0 amide bonds. The van der Waals surface area contributed by atoms with E-state index in [2.05, 4.69) is 37.9 Å². The minimum absolute atomic E-state index is 0.534. The molecule has 0 spiro atoms. The molecule has 1 aromatic rings. The maximum atomic E-state index is 6.15. The number of aliphatic imine (C=N–C) groups is 1. The first-order valence-corrected chi connectivity index (χ1v) is 5.77. The van der Waals surface area contributed by atoms with Gasteiger partial charge in [-0.15, -0.1) is 0 Å². The first-order chi connectivity index (χ1) is 7.08. The highest BCUT2D eigenvalue weighted by Crippen LogP contribution is 2.35. The second-order valence-corrected chi connectivity index (χ2v) is 4.84. The smallest absolute Gasteiger partial charge is 0.110 e. The van der Waals surface area contributed by atoms with Gasteiger partial charge in [0.15, 0.2) is 0 Å². The van der Waals surface area contributed by atoms with Crippen LogP contribution in [0.2, 0.25) is 0 Å². The van der Waals surface area contributed by atoms with E-state index in [9.17, 15) is 0 Å². The van der Waals surface area contributed by atoms with Crippen LogP contribution in [0.5, 0.6) is 0 Å². The minimum Gasteiger partial charge on any atom is -0.240 e. The first-order valence-electron chi connectivity index (χ1n) is 5.40. The van der Waals surface area contributed by atoms with Crippen molar-refractivity contribution in [3.05, 3.63) is 28.8 Å². The maximum absolute atomic E-state index is 6.15. The predicted molar refractivity (Wildman–Crippen MR) is 66.3 cm³/mol. The zero-order valence-corrected chi connectivity index (χ0v) is 10.2. The molecule has 0 radical (unpaired) electrons. The summed E-state index contributed by atoms with van der Waals surface area (Å²) in [5, 5.41) is 0.782. The number of hydrogen-bond donors (Lipinski definition) is 0. The molecule has 0 unspecified atom stereocenters. The highest BCUT2D eigenvalue weighted by molar-refractivity contribution is 6.66. The molecular formula is C13H16ClN. The van der Waals surface area contributed by atoms with Crippen LogP contribution in [0.15, 0.2) is 17.1 Å². The average Bonchev–Trinajstić information content (AvgIpc) is 2.93. The van der Waals surface area contributed by atoms with E-state index in [4.69, 9.17) is 11.6 Å². The summed E-state index contributed by atoms with van der Waals surface area (Å²) in [6, 6.07) is 4.31. The van der Waals surface area contributed by atoms with E-state index in [1.54, 1.807) is 0 Å². The number of hydrogen-bond acceptors (Lipinski definition) is 1. The topological polar surface area (TPSA) is 12.4 Å². The number of benzene rings is 1. The van der Waals surface area contributed by atoms with Crippen LogP contribution in [-0.4, -0.2) is 5.17 Å².